The van der Waals surface area contributed by atoms with E-state index in [9.17, 15) is 0 Å². The first kappa shape index (κ1) is 13.0. The Kier molecular flexibility index (Phi) is 4.66. The molecular formula is C16H21NO. The van der Waals surface area contributed by atoms with Crippen molar-refractivity contribution in [2.75, 3.05) is 6.61 Å². The number of hydrogen-bond acceptors (Lipinski definition) is 2. The number of para-hydroxylation sites is 1. The Balaban J connectivity index is 1.96. The Hall–Kier alpha value is -1.46. The topological polar surface area (TPSA) is 21.3 Å². The minimum absolute atomic E-state index is 0.669. The van der Waals surface area contributed by atoms with Crippen molar-refractivity contribution in [3.63, 3.8) is 0 Å². The first-order valence-corrected chi connectivity index (χ1v) is 6.65. The van der Waals surface area contributed by atoms with E-state index in [1.807, 2.05) is 6.92 Å². The van der Waals surface area contributed by atoms with Crippen molar-refractivity contribution in [1.29, 1.82) is 0 Å². The molecule has 0 spiro atoms. The average molecular weight is 243 g/mol. The molecule has 1 aliphatic rings. The normalized spacial score (nSPS) is 13.9. The molecule has 0 atom stereocenters. The van der Waals surface area contributed by atoms with Crippen molar-refractivity contribution < 1.29 is 4.74 Å². The summed E-state index contributed by atoms with van der Waals surface area (Å²) < 4.78 is 5.88. The van der Waals surface area contributed by atoms with E-state index < -0.39 is 0 Å². The van der Waals surface area contributed by atoms with Crippen LogP contribution in [0.3, 0.4) is 0 Å². The van der Waals surface area contributed by atoms with Gasteiger partial charge in [0, 0.05) is 24.6 Å². The van der Waals surface area contributed by atoms with Crippen LogP contribution >= 0.6 is 0 Å². The third-order valence-corrected chi connectivity index (χ3v) is 3.10. The molecular weight excluding hydrogens is 222 g/mol. The van der Waals surface area contributed by atoms with Gasteiger partial charge in [-0.05, 0) is 32.3 Å². The van der Waals surface area contributed by atoms with E-state index >= 15 is 0 Å². The Morgan fingerprint density at radius 2 is 2.22 bits per heavy atom. The minimum Gasteiger partial charge on any atom is -0.492 e. The summed E-state index contributed by atoms with van der Waals surface area (Å²) in [5, 5.41) is 3.53. The van der Waals surface area contributed by atoms with Crippen molar-refractivity contribution in [3.05, 3.63) is 29.3 Å². The maximum Gasteiger partial charge on any atom is 0.126 e. The third-order valence-electron chi connectivity index (χ3n) is 3.10. The maximum absolute atomic E-state index is 5.88. The summed E-state index contributed by atoms with van der Waals surface area (Å²) >= 11 is 0. The summed E-state index contributed by atoms with van der Waals surface area (Å²) in [6.07, 6.45) is 3.42. The molecule has 1 fully saturated rings. The second-order valence-corrected chi connectivity index (χ2v) is 4.74. The van der Waals surface area contributed by atoms with Crippen LogP contribution in [0.5, 0.6) is 5.75 Å². The monoisotopic (exact) mass is 243 g/mol. The standard InChI is InChI=1S/C16H21NO/c1-3-4-5-11-18-16-13(2)7-6-8-14(16)12-17-15-9-10-15/h6-8,15,17H,5,9-12H2,1-2H3. The zero-order chi connectivity index (χ0) is 12.8. The highest BCUT2D eigenvalue weighted by atomic mass is 16.5. The number of hydrogen-bond donors (Lipinski definition) is 1. The number of aryl methyl sites for hydroxylation is 1. The van der Waals surface area contributed by atoms with E-state index in [0.717, 1.165) is 24.8 Å². The van der Waals surface area contributed by atoms with Gasteiger partial charge in [-0.1, -0.05) is 18.2 Å². The van der Waals surface area contributed by atoms with Crippen LogP contribution in [-0.4, -0.2) is 12.6 Å². The Morgan fingerprint density at radius 3 is 2.94 bits per heavy atom. The molecule has 0 aliphatic heterocycles. The van der Waals surface area contributed by atoms with Crippen LogP contribution in [0.25, 0.3) is 0 Å². The summed E-state index contributed by atoms with van der Waals surface area (Å²) in [4.78, 5) is 0. The molecule has 1 aromatic rings. The average Bonchev–Trinajstić information content (AvgIpc) is 3.18. The van der Waals surface area contributed by atoms with Gasteiger partial charge >= 0.3 is 0 Å². The summed E-state index contributed by atoms with van der Waals surface area (Å²) in [7, 11) is 0. The number of nitrogens with one attached hydrogen (secondary N) is 1. The minimum atomic E-state index is 0.669. The molecule has 1 aromatic carbocycles. The van der Waals surface area contributed by atoms with Crippen LogP contribution in [-0.2, 0) is 6.54 Å². The van der Waals surface area contributed by atoms with E-state index in [4.69, 9.17) is 4.74 Å². The Labute approximate surface area is 110 Å². The van der Waals surface area contributed by atoms with Gasteiger partial charge in [0.15, 0.2) is 0 Å². The van der Waals surface area contributed by atoms with Gasteiger partial charge in [-0.15, -0.1) is 11.8 Å². The van der Waals surface area contributed by atoms with E-state index in [-0.39, 0.29) is 0 Å². The number of rotatable bonds is 6. The fourth-order valence-corrected chi connectivity index (χ4v) is 1.93. The van der Waals surface area contributed by atoms with Gasteiger partial charge in [0.2, 0.25) is 0 Å². The van der Waals surface area contributed by atoms with Crippen LogP contribution in [0.4, 0.5) is 0 Å². The van der Waals surface area contributed by atoms with E-state index in [2.05, 4.69) is 42.3 Å². The van der Waals surface area contributed by atoms with Gasteiger partial charge in [0.1, 0.15) is 5.75 Å². The Bertz CT molecular complexity index is 452. The molecule has 2 nitrogen and oxygen atoms in total. The first-order valence-electron chi connectivity index (χ1n) is 6.65. The van der Waals surface area contributed by atoms with Crippen LogP contribution in [0.15, 0.2) is 18.2 Å². The van der Waals surface area contributed by atoms with E-state index in [1.165, 1.54) is 24.0 Å². The highest BCUT2D eigenvalue weighted by Crippen LogP contribution is 2.25. The van der Waals surface area contributed by atoms with Gasteiger partial charge in [-0.2, -0.15) is 0 Å². The summed E-state index contributed by atoms with van der Waals surface area (Å²) in [6, 6.07) is 7.06. The van der Waals surface area contributed by atoms with Crippen molar-refractivity contribution >= 4 is 0 Å². The quantitative estimate of drug-likeness (QED) is 0.612. The van der Waals surface area contributed by atoms with Crippen LogP contribution in [0, 0.1) is 18.8 Å². The first-order chi connectivity index (χ1) is 8.81. The van der Waals surface area contributed by atoms with Crippen molar-refractivity contribution in [1.82, 2.24) is 5.32 Å². The zero-order valence-corrected chi connectivity index (χ0v) is 11.3. The second kappa shape index (κ2) is 6.47. The van der Waals surface area contributed by atoms with Crippen molar-refractivity contribution in [2.45, 2.75) is 45.7 Å². The summed E-state index contributed by atoms with van der Waals surface area (Å²) in [5.74, 6) is 6.95. The lowest BCUT2D eigenvalue weighted by Crippen LogP contribution is -2.16. The predicted molar refractivity (Wildman–Crippen MR) is 74.6 cm³/mol. The predicted octanol–water partition coefficient (Wildman–Crippen LogP) is 3.04. The molecule has 2 heteroatoms. The van der Waals surface area contributed by atoms with Gasteiger partial charge < -0.3 is 10.1 Å². The molecule has 0 saturated heterocycles. The van der Waals surface area contributed by atoms with Gasteiger partial charge in [0.05, 0.1) is 6.61 Å². The molecule has 0 radical (unpaired) electrons. The summed E-state index contributed by atoms with van der Waals surface area (Å²) in [5.41, 5.74) is 2.46. The zero-order valence-electron chi connectivity index (χ0n) is 11.3. The van der Waals surface area contributed by atoms with Crippen molar-refractivity contribution in [2.24, 2.45) is 0 Å². The lowest BCUT2D eigenvalue weighted by molar-refractivity contribution is 0.320. The van der Waals surface area contributed by atoms with Gasteiger partial charge in [-0.25, -0.2) is 0 Å². The molecule has 96 valence electrons. The van der Waals surface area contributed by atoms with Crippen LogP contribution < -0.4 is 10.1 Å². The summed E-state index contributed by atoms with van der Waals surface area (Å²) in [6.45, 7) is 5.53. The van der Waals surface area contributed by atoms with E-state index in [1.54, 1.807) is 0 Å². The fourth-order valence-electron chi connectivity index (χ4n) is 1.93. The smallest absolute Gasteiger partial charge is 0.126 e. The number of benzene rings is 1. The molecule has 2 rings (SSSR count). The molecule has 18 heavy (non-hydrogen) atoms. The molecule has 1 N–H and O–H groups in total. The highest BCUT2D eigenvalue weighted by molar-refractivity contribution is 5.40. The molecule has 0 bridgehead atoms. The van der Waals surface area contributed by atoms with Crippen LogP contribution in [0.2, 0.25) is 0 Å². The molecule has 0 heterocycles. The molecule has 1 aliphatic carbocycles. The van der Waals surface area contributed by atoms with Gasteiger partial charge in [-0.3, -0.25) is 0 Å². The molecule has 0 amide bonds. The molecule has 0 unspecified atom stereocenters. The van der Waals surface area contributed by atoms with Crippen molar-refractivity contribution in [3.8, 4) is 17.6 Å². The molecule has 0 aromatic heterocycles. The van der Waals surface area contributed by atoms with Crippen LogP contribution in [0.1, 0.15) is 37.3 Å². The fraction of sp³-hybridized carbons (Fsp3) is 0.500. The Morgan fingerprint density at radius 1 is 1.39 bits per heavy atom. The SMILES string of the molecule is CC#CCCOc1c(C)cccc1CNC1CC1. The maximum atomic E-state index is 5.88. The lowest BCUT2D eigenvalue weighted by atomic mass is 10.1. The second-order valence-electron chi connectivity index (χ2n) is 4.74. The van der Waals surface area contributed by atoms with Gasteiger partial charge in [0.25, 0.3) is 0 Å². The number of ether oxygens (including phenoxy) is 1. The molecule has 1 saturated carbocycles. The van der Waals surface area contributed by atoms with E-state index in [0.29, 0.717) is 6.61 Å². The largest absolute Gasteiger partial charge is 0.492 e. The highest BCUT2D eigenvalue weighted by Gasteiger charge is 2.20. The third kappa shape index (κ3) is 3.78. The lowest BCUT2D eigenvalue weighted by Gasteiger charge is -2.14.